The van der Waals surface area contributed by atoms with E-state index in [1.807, 2.05) is 44.2 Å². The quantitative estimate of drug-likeness (QED) is 0.166. The Kier molecular flexibility index (Phi) is 11.6. The van der Waals surface area contributed by atoms with Crippen LogP contribution in [-0.2, 0) is 40.1 Å². The van der Waals surface area contributed by atoms with Gasteiger partial charge in [-0.2, -0.15) is 0 Å². The lowest BCUT2D eigenvalue weighted by Gasteiger charge is -2.32. The van der Waals surface area contributed by atoms with Crippen LogP contribution < -0.4 is 0 Å². The molecule has 0 N–H and O–H groups in total. The van der Waals surface area contributed by atoms with E-state index in [1.165, 1.54) is 12.5 Å². The van der Waals surface area contributed by atoms with Crippen molar-refractivity contribution in [1.82, 2.24) is 0 Å². The molecule has 0 aromatic heterocycles. The highest BCUT2D eigenvalue weighted by atomic mass is 16.1. The largest absolute Gasteiger partial charge is 0.300 e. The third-order valence-electron chi connectivity index (χ3n) is 9.41. The van der Waals surface area contributed by atoms with E-state index in [2.05, 4.69) is 44.2 Å². The van der Waals surface area contributed by atoms with E-state index >= 15 is 0 Å². The molecule has 0 bridgehead atoms. The Morgan fingerprint density at radius 2 is 1.43 bits per heavy atom. The summed E-state index contributed by atoms with van der Waals surface area (Å²) < 4.78 is 0. The first-order valence-corrected chi connectivity index (χ1v) is 16.5. The summed E-state index contributed by atoms with van der Waals surface area (Å²) >= 11 is 0. The molecular weight excluding hydrogens is 544 g/mol. The molecule has 4 nitrogen and oxygen atoms in total. The van der Waals surface area contributed by atoms with Crippen molar-refractivity contribution >= 4 is 23.1 Å². The summed E-state index contributed by atoms with van der Waals surface area (Å²) in [6.07, 6.45) is 6.53. The molecule has 0 heterocycles. The molecule has 4 heteroatoms. The van der Waals surface area contributed by atoms with Gasteiger partial charge >= 0.3 is 0 Å². The van der Waals surface area contributed by atoms with Crippen LogP contribution in [-0.4, -0.2) is 23.1 Å². The summed E-state index contributed by atoms with van der Waals surface area (Å²) in [6, 6.07) is 20.7. The van der Waals surface area contributed by atoms with E-state index in [9.17, 15) is 19.2 Å². The van der Waals surface area contributed by atoms with E-state index in [4.69, 9.17) is 0 Å². The van der Waals surface area contributed by atoms with Crippen molar-refractivity contribution in [2.75, 3.05) is 0 Å². The molecule has 0 saturated heterocycles. The number of carbonyl (C=O) groups is 4. The van der Waals surface area contributed by atoms with Crippen LogP contribution in [0.25, 0.3) is 11.1 Å². The Hall–Kier alpha value is -3.66. The minimum Gasteiger partial charge on any atom is -0.300 e. The lowest BCUT2D eigenvalue weighted by atomic mass is 9.71. The number of ketones is 4. The van der Waals surface area contributed by atoms with Gasteiger partial charge in [-0.05, 0) is 90.3 Å². The summed E-state index contributed by atoms with van der Waals surface area (Å²) in [5.41, 5.74) is 8.38. The van der Waals surface area contributed by atoms with Crippen molar-refractivity contribution in [3.8, 4) is 11.1 Å². The zero-order chi connectivity index (χ0) is 31.8. The molecule has 4 rings (SSSR count). The standard InChI is InChI=1S/C40H48O4/c1-6-9-33(35(8-3)38(43)20-27(5)41)21-31-24-37-36(19-10-26(4)40(37)39(44)25-31)32-17-15-30(16-18-32)23-34(42)22-29-13-11-28(7-2)12-14-29/h10-19,31,33,35H,6-9,20-25H2,1-5H3. The van der Waals surface area contributed by atoms with Crippen LogP contribution in [0.2, 0.25) is 0 Å². The Balaban J connectivity index is 1.52. The highest BCUT2D eigenvalue weighted by molar-refractivity contribution is 6.02. The molecule has 3 atom stereocenters. The molecule has 0 fully saturated rings. The number of rotatable bonds is 15. The monoisotopic (exact) mass is 592 g/mol. The normalized spacial score (nSPS) is 15.8. The van der Waals surface area contributed by atoms with Crippen molar-refractivity contribution in [1.29, 1.82) is 0 Å². The smallest absolute Gasteiger partial charge is 0.163 e. The van der Waals surface area contributed by atoms with Gasteiger partial charge in [-0.1, -0.05) is 94.3 Å². The second-order valence-electron chi connectivity index (χ2n) is 12.9. The molecule has 1 aliphatic rings. The summed E-state index contributed by atoms with van der Waals surface area (Å²) in [4.78, 5) is 51.1. The van der Waals surface area contributed by atoms with Gasteiger partial charge in [-0.3, -0.25) is 19.2 Å². The molecule has 1 aliphatic carbocycles. The number of carbonyl (C=O) groups excluding carboxylic acids is 4. The lowest BCUT2D eigenvalue weighted by molar-refractivity contribution is -0.130. The highest BCUT2D eigenvalue weighted by Gasteiger charge is 2.34. The number of hydrogen-bond acceptors (Lipinski definition) is 4. The van der Waals surface area contributed by atoms with Gasteiger partial charge < -0.3 is 0 Å². The Bertz CT molecular complexity index is 1480. The van der Waals surface area contributed by atoms with Crippen molar-refractivity contribution in [3.63, 3.8) is 0 Å². The van der Waals surface area contributed by atoms with Crippen LogP contribution in [0.15, 0.2) is 60.7 Å². The summed E-state index contributed by atoms with van der Waals surface area (Å²) in [5.74, 6) is 0.534. The third-order valence-corrected chi connectivity index (χ3v) is 9.41. The predicted octanol–water partition coefficient (Wildman–Crippen LogP) is 8.70. The number of Topliss-reactive ketones (excluding diaryl/α,β-unsaturated/α-hetero) is 4. The molecule has 44 heavy (non-hydrogen) atoms. The maximum Gasteiger partial charge on any atom is 0.163 e. The van der Waals surface area contributed by atoms with Gasteiger partial charge in [0, 0.05) is 30.7 Å². The molecule has 3 unspecified atom stereocenters. The molecule has 0 amide bonds. The van der Waals surface area contributed by atoms with Crippen molar-refractivity contribution in [2.45, 2.75) is 98.8 Å². The molecule has 0 saturated carbocycles. The molecule has 3 aromatic carbocycles. The number of fused-ring (bicyclic) bond motifs is 1. The topological polar surface area (TPSA) is 68.3 Å². The summed E-state index contributed by atoms with van der Waals surface area (Å²) in [6.45, 7) is 9.80. The van der Waals surface area contributed by atoms with Gasteiger partial charge in [0.25, 0.3) is 0 Å². The van der Waals surface area contributed by atoms with Gasteiger partial charge in [-0.25, -0.2) is 0 Å². The van der Waals surface area contributed by atoms with E-state index < -0.39 is 0 Å². The van der Waals surface area contributed by atoms with E-state index in [0.717, 1.165) is 77.5 Å². The Morgan fingerprint density at radius 1 is 0.818 bits per heavy atom. The second kappa shape index (κ2) is 15.4. The number of benzene rings is 3. The fraction of sp³-hybridized carbons (Fsp3) is 0.450. The average molecular weight is 593 g/mol. The fourth-order valence-electron chi connectivity index (χ4n) is 7.22. The van der Waals surface area contributed by atoms with E-state index in [0.29, 0.717) is 19.3 Å². The molecular formula is C40H48O4. The van der Waals surface area contributed by atoms with Gasteiger partial charge in [0.2, 0.25) is 0 Å². The van der Waals surface area contributed by atoms with Crippen molar-refractivity contribution in [3.05, 3.63) is 94.0 Å². The third kappa shape index (κ3) is 8.28. The van der Waals surface area contributed by atoms with Gasteiger partial charge in [0.1, 0.15) is 17.3 Å². The average Bonchev–Trinajstić information content (AvgIpc) is 2.98. The highest BCUT2D eigenvalue weighted by Crippen LogP contribution is 2.40. The van der Waals surface area contributed by atoms with Crippen LogP contribution in [0, 0.1) is 24.7 Å². The van der Waals surface area contributed by atoms with Crippen LogP contribution in [0.3, 0.4) is 0 Å². The first-order chi connectivity index (χ1) is 21.1. The zero-order valence-corrected chi connectivity index (χ0v) is 27.2. The predicted molar refractivity (Wildman–Crippen MR) is 178 cm³/mol. The number of hydrogen-bond donors (Lipinski definition) is 0. The maximum absolute atomic E-state index is 13.6. The van der Waals surface area contributed by atoms with E-state index in [-0.39, 0.29) is 47.3 Å². The van der Waals surface area contributed by atoms with Crippen molar-refractivity contribution < 1.29 is 19.2 Å². The molecule has 0 aliphatic heterocycles. The lowest BCUT2D eigenvalue weighted by Crippen LogP contribution is -2.30. The first-order valence-electron chi connectivity index (χ1n) is 16.5. The maximum atomic E-state index is 13.6. The molecule has 0 radical (unpaired) electrons. The van der Waals surface area contributed by atoms with Crippen LogP contribution in [0.4, 0.5) is 0 Å². The summed E-state index contributed by atoms with van der Waals surface area (Å²) in [7, 11) is 0. The van der Waals surface area contributed by atoms with Crippen LogP contribution in [0.5, 0.6) is 0 Å². The van der Waals surface area contributed by atoms with Gasteiger partial charge in [0.05, 0.1) is 6.42 Å². The SMILES string of the molecule is CCCC(CC1CC(=O)c2c(C)ccc(-c3ccc(CC(=O)Cc4ccc(CC)cc4)cc3)c2C1)C(CC)C(=O)CC(C)=O. The minimum atomic E-state index is -0.140. The molecule has 232 valence electrons. The first kappa shape index (κ1) is 33.2. The molecule has 3 aromatic rings. The summed E-state index contributed by atoms with van der Waals surface area (Å²) in [5, 5.41) is 0. The molecule has 0 spiro atoms. The van der Waals surface area contributed by atoms with Crippen LogP contribution >= 0.6 is 0 Å². The van der Waals surface area contributed by atoms with E-state index in [1.54, 1.807) is 0 Å². The van der Waals surface area contributed by atoms with Crippen molar-refractivity contribution in [2.24, 2.45) is 17.8 Å². The van der Waals surface area contributed by atoms with Gasteiger partial charge in [0.15, 0.2) is 5.78 Å². The van der Waals surface area contributed by atoms with Crippen LogP contribution in [0.1, 0.15) is 104 Å². The second-order valence-corrected chi connectivity index (χ2v) is 12.9. The Labute approximate surface area is 263 Å². The van der Waals surface area contributed by atoms with Gasteiger partial charge in [-0.15, -0.1) is 0 Å². The zero-order valence-electron chi connectivity index (χ0n) is 27.2. The number of aryl methyl sites for hydroxylation is 2. The fourth-order valence-corrected chi connectivity index (χ4v) is 7.22. The Morgan fingerprint density at radius 3 is 2.00 bits per heavy atom. The minimum absolute atomic E-state index is 0.00212.